The summed E-state index contributed by atoms with van der Waals surface area (Å²) in [6.07, 6.45) is 0. The summed E-state index contributed by atoms with van der Waals surface area (Å²) in [6, 6.07) is 2.01. The number of hydrogen-bond donors (Lipinski definition) is 1. The summed E-state index contributed by atoms with van der Waals surface area (Å²) in [5.41, 5.74) is 7.07. The monoisotopic (exact) mass is 231 g/mol. The molecule has 0 saturated heterocycles. The van der Waals surface area contributed by atoms with Gasteiger partial charge in [-0.1, -0.05) is 13.8 Å². The Morgan fingerprint density at radius 2 is 2.08 bits per heavy atom. The van der Waals surface area contributed by atoms with Crippen molar-refractivity contribution in [1.82, 2.24) is 0 Å². The summed E-state index contributed by atoms with van der Waals surface area (Å²) >= 11 is 3.28. The summed E-state index contributed by atoms with van der Waals surface area (Å²) in [5.74, 6) is 1.34. The van der Waals surface area contributed by atoms with E-state index < -0.39 is 0 Å². The molecular formula is C9H14BrNO. The van der Waals surface area contributed by atoms with E-state index in [0.717, 1.165) is 16.0 Å². The van der Waals surface area contributed by atoms with Crippen LogP contribution in [0.3, 0.4) is 0 Å². The number of halogens is 1. The van der Waals surface area contributed by atoms with E-state index in [4.69, 9.17) is 10.2 Å². The first-order valence-electron chi connectivity index (χ1n) is 4.03. The zero-order valence-corrected chi connectivity index (χ0v) is 9.18. The maximum absolute atomic E-state index is 5.97. The van der Waals surface area contributed by atoms with E-state index in [1.807, 2.05) is 13.0 Å². The Labute approximate surface area is 81.3 Å². The van der Waals surface area contributed by atoms with E-state index in [-0.39, 0.29) is 6.04 Å². The average molecular weight is 232 g/mol. The summed E-state index contributed by atoms with van der Waals surface area (Å²) in [7, 11) is 0. The van der Waals surface area contributed by atoms with Gasteiger partial charge in [0.25, 0.3) is 0 Å². The third kappa shape index (κ3) is 1.90. The molecule has 1 atom stereocenters. The molecule has 2 nitrogen and oxygen atoms in total. The number of rotatable bonds is 2. The Morgan fingerprint density at radius 1 is 1.50 bits per heavy atom. The average Bonchev–Trinajstić information content (AvgIpc) is 2.28. The lowest BCUT2D eigenvalue weighted by Gasteiger charge is -2.13. The van der Waals surface area contributed by atoms with Crippen molar-refractivity contribution in [3.63, 3.8) is 0 Å². The Hall–Kier alpha value is -0.280. The molecular weight excluding hydrogens is 218 g/mol. The van der Waals surface area contributed by atoms with Crippen molar-refractivity contribution >= 4 is 15.9 Å². The molecule has 12 heavy (non-hydrogen) atoms. The number of nitrogens with two attached hydrogens (primary N) is 1. The van der Waals surface area contributed by atoms with Gasteiger partial charge in [0.15, 0.2) is 4.67 Å². The predicted molar refractivity (Wildman–Crippen MR) is 52.9 cm³/mol. The zero-order valence-electron chi connectivity index (χ0n) is 7.60. The van der Waals surface area contributed by atoms with Crippen molar-refractivity contribution in [2.75, 3.05) is 0 Å². The Bertz CT molecular complexity index is 267. The molecule has 1 heterocycles. The summed E-state index contributed by atoms with van der Waals surface area (Å²) < 4.78 is 6.08. The van der Waals surface area contributed by atoms with Gasteiger partial charge in [0.2, 0.25) is 0 Å². The van der Waals surface area contributed by atoms with Crippen LogP contribution in [-0.2, 0) is 0 Å². The second kappa shape index (κ2) is 3.62. The van der Waals surface area contributed by atoms with E-state index in [1.165, 1.54) is 0 Å². The van der Waals surface area contributed by atoms with Crippen LogP contribution >= 0.6 is 15.9 Å². The number of hydrogen-bond acceptors (Lipinski definition) is 2. The van der Waals surface area contributed by atoms with Gasteiger partial charge >= 0.3 is 0 Å². The molecule has 1 aromatic rings. The third-order valence-electron chi connectivity index (χ3n) is 2.00. The second-order valence-corrected chi connectivity index (χ2v) is 4.11. The normalized spacial score (nSPS) is 13.8. The minimum atomic E-state index is 0.0695. The molecule has 1 aromatic heterocycles. The fourth-order valence-corrected chi connectivity index (χ4v) is 1.64. The van der Waals surface area contributed by atoms with Gasteiger partial charge in [-0.25, -0.2) is 0 Å². The number of aryl methyl sites for hydroxylation is 1. The topological polar surface area (TPSA) is 39.2 Å². The quantitative estimate of drug-likeness (QED) is 0.851. The molecule has 0 fully saturated rings. The highest BCUT2D eigenvalue weighted by Crippen LogP contribution is 2.27. The maximum atomic E-state index is 5.97. The molecule has 3 heteroatoms. The molecule has 0 aliphatic carbocycles. The molecule has 68 valence electrons. The first-order valence-corrected chi connectivity index (χ1v) is 4.83. The highest BCUT2D eigenvalue weighted by atomic mass is 79.9. The standard InChI is InChI=1S/C9H14BrNO/c1-5(2)9(11)7-4-8(10)12-6(7)3/h4-5,9H,11H2,1-3H3. The van der Waals surface area contributed by atoms with Crippen LogP contribution in [0.4, 0.5) is 0 Å². The van der Waals surface area contributed by atoms with Gasteiger partial charge in [-0.2, -0.15) is 0 Å². The van der Waals surface area contributed by atoms with Crippen molar-refractivity contribution in [3.8, 4) is 0 Å². The molecule has 0 spiro atoms. The van der Waals surface area contributed by atoms with Crippen LogP contribution in [0, 0.1) is 12.8 Å². The summed E-state index contributed by atoms with van der Waals surface area (Å²) in [6.45, 7) is 6.14. The first-order chi connectivity index (χ1) is 5.52. The summed E-state index contributed by atoms with van der Waals surface area (Å²) in [5, 5.41) is 0. The number of furan rings is 1. The minimum absolute atomic E-state index is 0.0695. The predicted octanol–water partition coefficient (Wildman–Crippen LogP) is 3.01. The lowest BCUT2D eigenvalue weighted by atomic mass is 9.98. The van der Waals surface area contributed by atoms with Gasteiger partial charge in [0, 0.05) is 11.6 Å². The smallest absolute Gasteiger partial charge is 0.169 e. The van der Waals surface area contributed by atoms with Gasteiger partial charge < -0.3 is 10.2 Å². The van der Waals surface area contributed by atoms with Crippen LogP contribution in [0.15, 0.2) is 15.2 Å². The molecule has 1 rings (SSSR count). The van der Waals surface area contributed by atoms with Gasteiger partial charge in [0.05, 0.1) is 0 Å². The highest BCUT2D eigenvalue weighted by molar-refractivity contribution is 9.10. The largest absolute Gasteiger partial charge is 0.454 e. The molecule has 1 unspecified atom stereocenters. The molecule has 0 saturated carbocycles. The Kier molecular flexibility index (Phi) is 2.96. The fourth-order valence-electron chi connectivity index (χ4n) is 1.15. The van der Waals surface area contributed by atoms with Gasteiger partial charge in [-0.15, -0.1) is 0 Å². The van der Waals surface area contributed by atoms with Crippen LogP contribution in [-0.4, -0.2) is 0 Å². The van der Waals surface area contributed by atoms with Crippen molar-refractivity contribution in [2.24, 2.45) is 11.7 Å². The van der Waals surface area contributed by atoms with Crippen LogP contribution in [0.25, 0.3) is 0 Å². The van der Waals surface area contributed by atoms with E-state index in [1.54, 1.807) is 0 Å². The van der Waals surface area contributed by atoms with E-state index in [9.17, 15) is 0 Å². The van der Waals surface area contributed by atoms with Crippen LogP contribution in [0.1, 0.15) is 31.2 Å². The van der Waals surface area contributed by atoms with Crippen LogP contribution < -0.4 is 5.73 Å². The van der Waals surface area contributed by atoms with E-state index in [2.05, 4.69) is 29.8 Å². The first kappa shape index (κ1) is 9.81. The van der Waals surface area contributed by atoms with Gasteiger partial charge in [-0.05, 0) is 34.8 Å². The van der Waals surface area contributed by atoms with E-state index >= 15 is 0 Å². The third-order valence-corrected chi connectivity index (χ3v) is 2.39. The summed E-state index contributed by atoms with van der Waals surface area (Å²) in [4.78, 5) is 0. The molecule has 2 N–H and O–H groups in total. The molecule has 0 radical (unpaired) electrons. The Morgan fingerprint density at radius 3 is 2.42 bits per heavy atom. The minimum Gasteiger partial charge on any atom is -0.454 e. The molecule has 0 aliphatic heterocycles. The van der Waals surface area contributed by atoms with Crippen molar-refractivity contribution in [1.29, 1.82) is 0 Å². The second-order valence-electron chi connectivity index (χ2n) is 3.33. The van der Waals surface area contributed by atoms with Crippen molar-refractivity contribution in [3.05, 3.63) is 22.1 Å². The van der Waals surface area contributed by atoms with Crippen LogP contribution in [0.5, 0.6) is 0 Å². The SMILES string of the molecule is Cc1oc(Br)cc1C(N)C(C)C. The van der Waals surface area contributed by atoms with Gasteiger partial charge in [-0.3, -0.25) is 0 Å². The highest BCUT2D eigenvalue weighted by Gasteiger charge is 2.16. The lowest BCUT2D eigenvalue weighted by molar-refractivity contribution is 0.476. The van der Waals surface area contributed by atoms with Gasteiger partial charge in [0.1, 0.15) is 5.76 Å². The van der Waals surface area contributed by atoms with Crippen molar-refractivity contribution in [2.45, 2.75) is 26.8 Å². The Balaban J connectivity index is 2.94. The molecule has 0 aliphatic rings. The lowest BCUT2D eigenvalue weighted by Crippen LogP contribution is -2.16. The molecule has 0 aromatic carbocycles. The maximum Gasteiger partial charge on any atom is 0.169 e. The van der Waals surface area contributed by atoms with Crippen LogP contribution in [0.2, 0.25) is 0 Å². The zero-order chi connectivity index (χ0) is 9.30. The van der Waals surface area contributed by atoms with Crippen molar-refractivity contribution < 1.29 is 4.42 Å². The fraction of sp³-hybridized carbons (Fsp3) is 0.556. The van der Waals surface area contributed by atoms with E-state index in [0.29, 0.717) is 5.92 Å². The molecule has 0 amide bonds. The molecule has 0 bridgehead atoms.